The van der Waals surface area contributed by atoms with Gasteiger partial charge in [-0.25, -0.2) is 4.39 Å². The van der Waals surface area contributed by atoms with E-state index in [1.165, 1.54) is 18.2 Å². The molecule has 0 radical (unpaired) electrons. The normalized spacial score (nSPS) is 18.0. The number of halogens is 2. The molecule has 1 aliphatic carbocycles. The van der Waals surface area contributed by atoms with Crippen molar-refractivity contribution in [3.63, 3.8) is 0 Å². The zero-order chi connectivity index (χ0) is 9.84. The fraction of sp³-hybridized carbons (Fsp3) is 0. The summed E-state index contributed by atoms with van der Waals surface area (Å²) in [4.78, 5) is 0. The highest BCUT2D eigenvalue weighted by Crippen LogP contribution is 2.24. The van der Waals surface area contributed by atoms with Gasteiger partial charge in [0, 0.05) is 10.1 Å². The third-order valence-electron chi connectivity index (χ3n) is 1.49. The lowest BCUT2D eigenvalue weighted by molar-refractivity contribution is 0.321. The van der Waals surface area contributed by atoms with Crippen LogP contribution in [0.1, 0.15) is 0 Å². The molecule has 1 rings (SSSR count). The van der Waals surface area contributed by atoms with Crippen LogP contribution >= 0.6 is 15.9 Å². The number of hydrogen-bond donors (Lipinski definition) is 1. The van der Waals surface area contributed by atoms with E-state index in [2.05, 4.69) is 27.7 Å². The van der Waals surface area contributed by atoms with Crippen molar-refractivity contribution in [2.45, 2.75) is 0 Å². The summed E-state index contributed by atoms with van der Waals surface area (Å²) in [5, 5.41) is 11.0. The Morgan fingerprint density at radius 3 is 2.85 bits per heavy atom. The van der Waals surface area contributed by atoms with E-state index in [1.54, 1.807) is 0 Å². The van der Waals surface area contributed by atoms with Crippen molar-refractivity contribution < 1.29 is 9.60 Å². The minimum absolute atomic E-state index is 0.198. The van der Waals surface area contributed by atoms with Crippen LogP contribution < -0.4 is 0 Å². The lowest BCUT2D eigenvalue weighted by atomic mass is 10.2. The fourth-order valence-electron chi connectivity index (χ4n) is 0.809. The molecule has 0 atom stereocenters. The number of allylic oxidation sites excluding steroid dienone is 7. The second kappa shape index (κ2) is 4.18. The van der Waals surface area contributed by atoms with Gasteiger partial charge in [0.05, 0.1) is 6.21 Å². The Balaban J connectivity index is 3.17. The van der Waals surface area contributed by atoms with Gasteiger partial charge in [-0.15, -0.1) is 0 Å². The molecule has 0 aromatic rings. The summed E-state index contributed by atoms with van der Waals surface area (Å²) in [6, 6.07) is 0. The van der Waals surface area contributed by atoms with Crippen LogP contribution in [0.3, 0.4) is 0 Å². The van der Waals surface area contributed by atoms with Gasteiger partial charge in [0.15, 0.2) is 0 Å². The molecule has 68 valence electrons. The second-order valence-corrected chi connectivity index (χ2v) is 3.25. The van der Waals surface area contributed by atoms with Crippen molar-refractivity contribution in [2.75, 3.05) is 0 Å². The predicted molar refractivity (Wildman–Crippen MR) is 53.7 cm³/mol. The van der Waals surface area contributed by atoms with Crippen molar-refractivity contribution in [3.8, 4) is 0 Å². The molecule has 0 unspecified atom stereocenters. The van der Waals surface area contributed by atoms with E-state index in [1.807, 2.05) is 0 Å². The van der Waals surface area contributed by atoms with E-state index in [-0.39, 0.29) is 5.57 Å². The van der Waals surface area contributed by atoms with E-state index in [0.29, 0.717) is 10.1 Å². The van der Waals surface area contributed by atoms with Crippen molar-refractivity contribution in [3.05, 3.63) is 46.3 Å². The Bertz CT molecular complexity index is 353. The minimum atomic E-state index is -0.464. The second-order valence-electron chi connectivity index (χ2n) is 2.40. The fourth-order valence-corrected chi connectivity index (χ4v) is 1.19. The van der Waals surface area contributed by atoms with Crippen LogP contribution in [0, 0.1) is 0 Å². The molecule has 0 bridgehead atoms. The van der Waals surface area contributed by atoms with Crippen LogP contribution in [0.4, 0.5) is 4.39 Å². The molecule has 13 heavy (non-hydrogen) atoms. The molecule has 0 aliphatic heterocycles. The van der Waals surface area contributed by atoms with Gasteiger partial charge in [0.2, 0.25) is 0 Å². The highest BCUT2D eigenvalue weighted by molar-refractivity contribution is 9.12. The van der Waals surface area contributed by atoms with Gasteiger partial charge < -0.3 is 5.21 Å². The first-order valence-corrected chi connectivity index (χ1v) is 4.26. The summed E-state index contributed by atoms with van der Waals surface area (Å²) in [5.41, 5.74) is 0.862. The Morgan fingerprint density at radius 2 is 2.23 bits per heavy atom. The van der Waals surface area contributed by atoms with Crippen molar-refractivity contribution in [2.24, 2.45) is 5.16 Å². The van der Waals surface area contributed by atoms with Crippen molar-refractivity contribution in [1.82, 2.24) is 0 Å². The van der Waals surface area contributed by atoms with Gasteiger partial charge in [-0.05, 0) is 17.7 Å². The predicted octanol–water partition coefficient (Wildman–Crippen LogP) is 3.07. The number of hydrogen-bond acceptors (Lipinski definition) is 2. The molecule has 1 aliphatic rings. The molecule has 0 heterocycles. The van der Waals surface area contributed by atoms with Crippen molar-refractivity contribution >= 4 is 22.1 Å². The van der Waals surface area contributed by atoms with E-state index in [0.717, 1.165) is 6.21 Å². The molecule has 0 saturated heterocycles. The first-order chi connectivity index (χ1) is 6.15. The molecule has 4 heteroatoms. The summed E-state index contributed by atoms with van der Waals surface area (Å²) in [5.74, 6) is -0.464. The van der Waals surface area contributed by atoms with Crippen LogP contribution in [0.5, 0.6) is 0 Å². The molecule has 0 amide bonds. The molecule has 0 aromatic heterocycles. The smallest absolute Gasteiger partial charge is 0.132 e. The molecule has 0 spiro atoms. The monoisotopic (exact) mass is 243 g/mol. The van der Waals surface area contributed by atoms with E-state index in [9.17, 15) is 4.39 Å². The summed E-state index contributed by atoms with van der Waals surface area (Å²) in [6.07, 6.45) is 5.33. The van der Waals surface area contributed by atoms with Gasteiger partial charge in [0.25, 0.3) is 0 Å². The first-order valence-electron chi connectivity index (χ1n) is 3.47. The SMILES string of the molecule is C=C1C=CC(F)=C(/C=N/O)C=C1Br. The van der Waals surface area contributed by atoms with Gasteiger partial charge in [-0.3, -0.25) is 0 Å². The molecular weight excluding hydrogens is 237 g/mol. The third kappa shape index (κ3) is 2.39. The largest absolute Gasteiger partial charge is 0.411 e. The molecule has 1 N–H and O–H groups in total. The average molecular weight is 244 g/mol. The lowest BCUT2D eigenvalue weighted by Gasteiger charge is -1.94. The van der Waals surface area contributed by atoms with Gasteiger partial charge in [0.1, 0.15) is 5.83 Å². The number of rotatable bonds is 1. The molecule has 0 saturated carbocycles. The third-order valence-corrected chi connectivity index (χ3v) is 2.23. The zero-order valence-electron chi connectivity index (χ0n) is 6.67. The molecule has 0 fully saturated rings. The van der Waals surface area contributed by atoms with Crippen LogP contribution in [0.25, 0.3) is 0 Å². The van der Waals surface area contributed by atoms with Crippen LogP contribution in [0.2, 0.25) is 0 Å². The topological polar surface area (TPSA) is 32.6 Å². The van der Waals surface area contributed by atoms with Crippen LogP contribution in [0.15, 0.2) is 51.4 Å². The Labute approximate surface area is 83.6 Å². The maximum absolute atomic E-state index is 13.1. The first kappa shape index (κ1) is 9.92. The van der Waals surface area contributed by atoms with Crippen LogP contribution in [-0.2, 0) is 0 Å². The zero-order valence-corrected chi connectivity index (χ0v) is 8.25. The maximum atomic E-state index is 13.1. The Hall–Kier alpha value is -1.16. The van der Waals surface area contributed by atoms with Gasteiger partial charge in [-0.2, -0.15) is 0 Å². The maximum Gasteiger partial charge on any atom is 0.132 e. The summed E-state index contributed by atoms with van der Waals surface area (Å²) < 4.78 is 13.8. The average Bonchev–Trinajstić information content (AvgIpc) is 2.21. The Morgan fingerprint density at radius 1 is 1.54 bits per heavy atom. The highest BCUT2D eigenvalue weighted by Gasteiger charge is 2.06. The lowest BCUT2D eigenvalue weighted by Crippen LogP contribution is -1.83. The summed E-state index contributed by atoms with van der Waals surface area (Å²) in [6.45, 7) is 3.68. The number of nitrogens with zero attached hydrogens (tertiary/aromatic N) is 1. The number of oxime groups is 1. The van der Waals surface area contributed by atoms with E-state index in [4.69, 9.17) is 5.21 Å². The standard InChI is InChI=1S/C9H7BrFNO/c1-6-2-3-9(11)7(5-12-13)4-8(6)10/h2-5,13H,1H2/b12-5+. The Kier molecular flexibility index (Phi) is 3.19. The highest BCUT2D eigenvalue weighted by atomic mass is 79.9. The minimum Gasteiger partial charge on any atom is -0.411 e. The molecular formula is C9H7BrFNO. The summed E-state index contributed by atoms with van der Waals surface area (Å²) in [7, 11) is 0. The summed E-state index contributed by atoms with van der Waals surface area (Å²) >= 11 is 3.21. The van der Waals surface area contributed by atoms with Gasteiger partial charge in [-0.1, -0.05) is 33.7 Å². The van der Waals surface area contributed by atoms with Crippen LogP contribution in [-0.4, -0.2) is 11.4 Å². The van der Waals surface area contributed by atoms with Crippen molar-refractivity contribution in [1.29, 1.82) is 0 Å². The van der Waals surface area contributed by atoms with E-state index < -0.39 is 5.83 Å². The molecule has 2 nitrogen and oxygen atoms in total. The molecule has 0 aromatic carbocycles. The van der Waals surface area contributed by atoms with Gasteiger partial charge >= 0.3 is 0 Å². The quantitative estimate of drug-likeness (QED) is 0.429. The van der Waals surface area contributed by atoms with E-state index >= 15 is 0 Å².